The Morgan fingerprint density at radius 3 is 2.52 bits per heavy atom. The van der Waals surface area contributed by atoms with E-state index in [-0.39, 0.29) is 22.0 Å². The van der Waals surface area contributed by atoms with Gasteiger partial charge in [0.15, 0.2) is 0 Å². The lowest BCUT2D eigenvalue weighted by Crippen LogP contribution is -2.15. The first kappa shape index (κ1) is 18.3. The van der Waals surface area contributed by atoms with E-state index < -0.39 is 10.8 Å². The summed E-state index contributed by atoms with van der Waals surface area (Å²) in [7, 11) is 0. The zero-order chi connectivity index (χ0) is 18.4. The molecule has 0 aliphatic heterocycles. The van der Waals surface area contributed by atoms with Crippen molar-refractivity contribution in [3.63, 3.8) is 0 Å². The number of halogens is 2. The van der Waals surface area contributed by atoms with Crippen LogP contribution in [0.3, 0.4) is 0 Å². The number of rotatable bonds is 5. The number of carbonyl (C=O) groups is 1. The summed E-state index contributed by atoms with van der Waals surface area (Å²) in [6.07, 6.45) is 1.14. The minimum absolute atomic E-state index is 0.0144. The number of nitro benzene ring substituents is 1. The smallest absolute Gasteiger partial charge is 0.292 e. The van der Waals surface area contributed by atoms with Crippen molar-refractivity contribution >= 4 is 46.2 Å². The van der Waals surface area contributed by atoms with Crippen LogP contribution < -0.4 is 10.6 Å². The maximum Gasteiger partial charge on any atom is 0.292 e. The van der Waals surface area contributed by atoms with Crippen LogP contribution in [0.15, 0.2) is 54.2 Å². The highest BCUT2D eigenvalue weighted by molar-refractivity contribution is 6.43. The second-order valence-corrected chi connectivity index (χ2v) is 5.43. The predicted octanol–water partition coefficient (Wildman–Crippen LogP) is 4.36. The normalized spacial score (nSPS) is 10.7. The number of amides is 1. The third kappa shape index (κ3) is 4.47. The van der Waals surface area contributed by atoms with E-state index in [1.807, 2.05) is 0 Å². The molecule has 0 radical (unpaired) electrons. The van der Waals surface area contributed by atoms with E-state index in [0.29, 0.717) is 10.7 Å². The Morgan fingerprint density at radius 2 is 1.84 bits per heavy atom. The van der Waals surface area contributed by atoms with Crippen LogP contribution >= 0.6 is 23.2 Å². The first-order valence-electron chi connectivity index (χ1n) is 6.79. The maximum atomic E-state index is 12.2. The third-order valence-electron chi connectivity index (χ3n) is 3.04. The van der Waals surface area contributed by atoms with Gasteiger partial charge in [-0.3, -0.25) is 14.9 Å². The van der Waals surface area contributed by atoms with Gasteiger partial charge in [0.2, 0.25) is 0 Å². The van der Waals surface area contributed by atoms with Crippen molar-refractivity contribution in [2.45, 2.75) is 0 Å². The number of nitrogens with one attached hydrogen (secondary N) is 2. The van der Waals surface area contributed by atoms with Gasteiger partial charge in [-0.15, -0.1) is 0 Å². The van der Waals surface area contributed by atoms with Crippen LogP contribution in [0.5, 0.6) is 0 Å². The predicted molar refractivity (Wildman–Crippen MR) is 95.5 cm³/mol. The Labute approximate surface area is 152 Å². The van der Waals surface area contributed by atoms with Gasteiger partial charge < -0.3 is 10.6 Å². The lowest BCUT2D eigenvalue weighted by Gasteiger charge is -2.07. The highest BCUT2D eigenvalue weighted by Gasteiger charge is 2.17. The number of anilines is 2. The molecule has 126 valence electrons. The topological polar surface area (TPSA) is 108 Å². The molecular weight excluding hydrogens is 367 g/mol. The summed E-state index contributed by atoms with van der Waals surface area (Å²) >= 11 is 11.9. The van der Waals surface area contributed by atoms with Gasteiger partial charge in [0.1, 0.15) is 17.3 Å². The van der Waals surface area contributed by atoms with E-state index in [9.17, 15) is 14.9 Å². The van der Waals surface area contributed by atoms with E-state index in [0.717, 1.165) is 6.20 Å². The molecule has 1 amide bonds. The molecule has 0 bridgehead atoms. The summed E-state index contributed by atoms with van der Waals surface area (Å²) in [5.41, 5.74) is -0.187. The highest BCUT2D eigenvalue weighted by atomic mass is 35.5. The molecule has 0 aromatic heterocycles. The lowest BCUT2D eigenvalue weighted by atomic mass is 10.2. The Hall–Kier alpha value is -3.08. The monoisotopic (exact) mass is 376 g/mol. The van der Waals surface area contributed by atoms with Crippen LogP contribution in [0, 0.1) is 21.4 Å². The zero-order valence-corrected chi connectivity index (χ0v) is 14.0. The molecular formula is C16H10Cl2N4O3. The Kier molecular flexibility index (Phi) is 5.95. The van der Waals surface area contributed by atoms with Crippen molar-refractivity contribution < 1.29 is 9.72 Å². The quantitative estimate of drug-likeness (QED) is 0.348. The van der Waals surface area contributed by atoms with E-state index in [1.165, 1.54) is 24.3 Å². The largest absolute Gasteiger partial charge is 0.359 e. The summed E-state index contributed by atoms with van der Waals surface area (Å²) in [5, 5.41) is 25.7. The molecule has 2 aromatic rings. The number of hydrogen-bond acceptors (Lipinski definition) is 5. The number of para-hydroxylation sites is 2. The van der Waals surface area contributed by atoms with Gasteiger partial charge in [-0.1, -0.05) is 41.4 Å². The molecule has 2 aromatic carbocycles. The molecule has 0 aliphatic rings. The summed E-state index contributed by atoms with van der Waals surface area (Å²) in [5.74, 6) is -0.803. The molecule has 0 spiro atoms. The van der Waals surface area contributed by atoms with Crippen LogP contribution in [0.4, 0.5) is 17.1 Å². The van der Waals surface area contributed by atoms with Gasteiger partial charge in [-0.05, 0) is 18.2 Å². The molecule has 0 saturated heterocycles. The molecule has 0 heterocycles. The molecule has 0 fully saturated rings. The summed E-state index contributed by atoms with van der Waals surface area (Å²) in [4.78, 5) is 22.5. The van der Waals surface area contributed by atoms with Gasteiger partial charge in [0, 0.05) is 12.3 Å². The molecule has 7 nitrogen and oxygen atoms in total. The van der Waals surface area contributed by atoms with Crippen molar-refractivity contribution in [1.29, 1.82) is 5.26 Å². The van der Waals surface area contributed by atoms with Crippen molar-refractivity contribution in [2.24, 2.45) is 0 Å². The standard InChI is InChI=1S/C16H10Cl2N4O3/c17-11-4-3-6-13(15(11)18)20-9-10(8-19)16(23)21-12-5-1-2-7-14(12)22(24)25/h1-7,9,20H,(H,21,23)/b10-9-. The number of nitriles is 1. The van der Waals surface area contributed by atoms with Crippen molar-refractivity contribution in [3.8, 4) is 6.07 Å². The molecule has 0 atom stereocenters. The number of nitrogens with zero attached hydrogens (tertiary/aromatic N) is 2. The van der Waals surface area contributed by atoms with E-state index in [1.54, 1.807) is 24.3 Å². The van der Waals surface area contributed by atoms with Crippen LogP contribution in [0.2, 0.25) is 10.0 Å². The molecule has 25 heavy (non-hydrogen) atoms. The number of nitro groups is 1. The van der Waals surface area contributed by atoms with Crippen LogP contribution in [-0.2, 0) is 4.79 Å². The molecule has 0 aliphatic carbocycles. The van der Waals surface area contributed by atoms with Crippen LogP contribution in [0.25, 0.3) is 0 Å². The third-order valence-corrected chi connectivity index (χ3v) is 3.86. The van der Waals surface area contributed by atoms with Crippen molar-refractivity contribution in [3.05, 3.63) is 74.4 Å². The number of hydrogen-bond donors (Lipinski definition) is 2. The fraction of sp³-hybridized carbons (Fsp3) is 0. The lowest BCUT2D eigenvalue weighted by molar-refractivity contribution is -0.383. The molecule has 2 N–H and O–H groups in total. The fourth-order valence-corrected chi connectivity index (χ4v) is 2.20. The Morgan fingerprint density at radius 1 is 1.16 bits per heavy atom. The van der Waals surface area contributed by atoms with Gasteiger partial charge in [-0.25, -0.2) is 0 Å². The van der Waals surface area contributed by atoms with E-state index in [4.69, 9.17) is 28.5 Å². The average Bonchev–Trinajstić information content (AvgIpc) is 2.59. The second-order valence-electron chi connectivity index (χ2n) is 4.64. The molecule has 0 unspecified atom stereocenters. The molecule has 0 saturated carbocycles. The van der Waals surface area contributed by atoms with Gasteiger partial charge in [0.05, 0.1) is 20.7 Å². The highest BCUT2D eigenvalue weighted by Crippen LogP contribution is 2.29. The SMILES string of the molecule is N#C/C(=C/Nc1cccc(Cl)c1Cl)C(=O)Nc1ccccc1[N+](=O)[O-]. The number of benzene rings is 2. The van der Waals surface area contributed by atoms with Crippen molar-refractivity contribution in [2.75, 3.05) is 10.6 Å². The average molecular weight is 377 g/mol. The van der Waals surface area contributed by atoms with E-state index >= 15 is 0 Å². The van der Waals surface area contributed by atoms with Crippen LogP contribution in [0.1, 0.15) is 0 Å². The van der Waals surface area contributed by atoms with Gasteiger partial charge >= 0.3 is 0 Å². The zero-order valence-electron chi connectivity index (χ0n) is 12.5. The van der Waals surface area contributed by atoms with Crippen molar-refractivity contribution in [1.82, 2.24) is 0 Å². The Bertz CT molecular complexity index is 906. The van der Waals surface area contributed by atoms with Gasteiger partial charge in [-0.2, -0.15) is 5.26 Å². The molecule has 9 heteroatoms. The number of carbonyl (C=O) groups excluding carboxylic acids is 1. The first-order valence-corrected chi connectivity index (χ1v) is 7.55. The minimum Gasteiger partial charge on any atom is -0.359 e. The summed E-state index contributed by atoms with van der Waals surface area (Å²) < 4.78 is 0. The van der Waals surface area contributed by atoms with Crippen LogP contribution in [-0.4, -0.2) is 10.8 Å². The van der Waals surface area contributed by atoms with Gasteiger partial charge in [0.25, 0.3) is 11.6 Å². The second kappa shape index (κ2) is 8.15. The first-order chi connectivity index (χ1) is 11.9. The Balaban J connectivity index is 2.21. The van der Waals surface area contributed by atoms with E-state index in [2.05, 4.69) is 10.6 Å². The fourth-order valence-electron chi connectivity index (χ4n) is 1.84. The maximum absolute atomic E-state index is 12.2. The summed E-state index contributed by atoms with van der Waals surface area (Å²) in [6, 6.07) is 12.2. The molecule has 2 rings (SSSR count). The summed E-state index contributed by atoms with van der Waals surface area (Å²) in [6.45, 7) is 0. The minimum atomic E-state index is -0.803.